The molecule has 0 aliphatic heterocycles. The van der Waals surface area contributed by atoms with E-state index in [9.17, 15) is 0 Å². The van der Waals surface area contributed by atoms with E-state index in [2.05, 4.69) is 167 Å². The predicted molar refractivity (Wildman–Crippen MR) is 240 cm³/mol. The molecule has 0 fully saturated rings. The van der Waals surface area contributed by atoms with Gasteiger partial charge in [0, 0.05) is 22.1 Å². The van der Waals surface area contributed by atoms with E-state index < -0.39 is 5.41 Å². The van der Waals surface area contributed by atoms with E-state index >= 15 is 0 Å². The molecule has 59 heavy (non-hydrogen) atoms. The van der Waals surface area contributed by atoms with Gasteiger partial charge < -0.3 is 0 Å². The smallest absolute Gasteiger partial charge is 0.165 e. The average Bonchev–Trinajstić information content (AvgIpc) is 3.80. The Balaban J connectivity index is 1.06. The minimum absolute atomic E-state index is 0.646. The zero-order valence-corrected chi connectivity index (χ0v) is 31.8. The van der Waals surface area contributed by atoms with Gasteiger partial charge in [0.05, 0.1) is 38.5 Å². The first kappa shape index (κ1) is 33.2. The normalized spacial score (nSPS) is 12.1. The van der Waals surface area contributed by atoms with Crippen molar-refractivity contribution in [1.82, 2.24) is 29.1 Å². The second-order valence-electron chi connectivity index (χ2n) is 15.0. The predicted octanol–water partition coefficient (Wildman–Crippen LogP) is 12.1. The van der Waals surface area contributed by atoms with Gasteiger partial charge in [-0.2, -0.15) is 0 Å². The molecule has 0 atom stereocenters. The molecule has 0 bridgehead atoms. The number of para-hydroxylation sites is 6. The van der Waals surface area contributed by atoms with Crippen molar-refractivity contribution in [2.24, 2.45) is 0 Å². The van der Waals surface area contributed by atoms with Crippen LogP contribution in [0.3, 0.4) is 0 Å². The van der Waals surface area contributed by atoms with Crippen molar-refractivity contribution in [2.75, 3.05) is 0 Å². The Kier molecular flexibility index (Phi) is 7.34. The van der Waals surface area contributed by atoms with Crippen LogP contribution in [0.5, 0.6) is 0 Å². The van der Waals surface area contributed by atoms with Gasteiger partial charge in [-0.1, -0.05) is 146 Å². The first-order valence-corrected chi connectivity index (χ1v) is 19.9. The molecular formula is C53H34N6. The van der Waals surface area contributed by atoms with Gasteiger partial charge in [0.2, 0.25) is 0 Å². The first-order chi connectivity index (χ1) is 29.3. The minimum Gasteiger partial charge on any atom is -0.293 e. The number of hydrogen-bond acceptors (Lipinski definition) is 4. The Morgan fingerprint density at radius 3 is 1.02 bits per heavy atom. The summed E-state index contributed by atoms with van der Waals surface area (Å²) in [5.41, 5.74) is 15.2. The van der Waals surface area contributed by atoms with Crippen molar-refractivity contribution in [3.8, 4) is 11.4 Å². The van der Waals surface area contributed by atoms with Crippen LogP contribution in [0.2, 0.25) is 0 Å². The van der Waals surface area contributed by atoms with Gasteiger partial charge in [0.1, 0.15) is 11.0 Å². The van der Waals surface area contributed by atoms with E-state index in [0.717, 1.165) is 88.7 Å². The summed E-state index contributed by atoms with van der Waals surface area (Å²) < 4.78 is 4.49. The number of aromatic nitrogens is 6. The molecule has 0 spiro atoms. The summed E-state index contributed by atoms with van der Waals surface area (Å²) in [6, 6.07) is 72.8. The molecule has 4 heterocycles. The molecule has 0 saturated heterocycles. The van der Waals surface area contributed by atoms with Crippen LogP contribution in [0.15, 0.2) is 206 Å². The second-order valence-corrected chi connectivity index (χ2v) is 15.0. The summed E-state index contributed by atoms with van der Waals surface area (Å²) in [7, 11) is 0. The summed E-state index contributed by atoms with van der Waals surface area (Å²) in [6.07, 6.45) is 0. The lowest BCUT2D eigenvalue weighted by atomic mass is 9.65. The van der Waals surface area contributed by atoms with Crippen LogP contribution in [-0.2, 0) is 5.41 Å². The van der Waals surface area contributed by atoms with Crippen molar-refractivity contribution in [3.63, 3.8) is 0 Å². The molecule has 6 nitrogen and oxygen atoms in total. The van der Waals surface area contributed by atoms with Gasteiger partial charge in [-0.3, -0.25) is 9.13 Å². The van der Waals surface area contributed by atoms with Gasteiger partial charge in [-0.25, -0.2) is 19.9 Å². The Hall–Kier alpha value is -7.96. The highest BCUT2D eigenvalue weighted by Gasteiger charge is 2.38. The highest BCUT2D eigenvalue weighted by atomic mass is 15.1. The zero-order valence-electron chi connectivity index (χ0n) is 31.8. The van der Waals surface area contributed by atoms with Crippen LogP contribution in [0.25, 0.3) is 77.6 Å². The molecule has 0 unspecified atom stereocenters. The van der Waals surface area contributed by atoms with E-state index in [4.69, 9.17) is 19.9 Å². The third kappa shape index (κ3) is 5.00. The number of rotatable bonds is 6. The maximum Gasteiger partial charge on any atom is 0.165 e. The fourth-order valence-corrected chi connectivity index (χ4v) is 9.24. The Labute approximate surface area is 339 Å². The first-order valence-electron chi connectivity index (χ1n) is 19.9. The fraction of sp³-hybridized carbons (Fsp3) is 0.0189. The Morgan fingerprint density at radius 2 is 0.610 bits per heavy atom. The molecule has 0 radical (unpaired) electrons. The van der Waals surface area contributed by atoms with Crippen molar-refractivity contribution in [2.45, 2.75) is 5.41 Å². The maximum absolute atomic E-state index is 5.18. The van der Waals surface area contributed by atoms with Crippen molar-refractivity contribution < 1.29 is 0 Å². The SMILES string of the molecule is c1ccc(C(c2ccccc2)(c2ccc(-n3c4ccccc4c4nc5ccccc5nc43)cc2)c2ccc(-n3c4ccccc4c4nc5ccccc5nc43)cc2)cc1. The third-order valence-corrected chi connectivity index (χ3v) is 11.9. The van der Waals surface area contributed by atoms with Gasteiger partial charge in [0.15, 0.2) is 11.3 Å². The molecule has 0 aliphatic carbocycles. The largest absolute Gasteiger partial charge is 0.293 e. The van der Waals surface area contributed by atoms with Gasteiger partial charge in [0.25, 0.3) is 0 Å². The molecular weight excluding hydrogens is 721 g/mol. The topological polar surface area (TPSA) is 61.4 Å². The zero-order chi connectivity index (χ0) is 38.9. The average molecular weight is 755 g/mol. The molecule has 6 heteroatoms. The van der Waals surface area contributed by atoms with E-state index in [1.54, 1.807) is 0 Å². The van der Waals surface area contributed by atoms with Crippen molar-refractivity contribution in [1.29, 1.82) is 0 Å². The number of hydrogen-bond donors (Lipinski definition) is 0. The summed E-state index contributed by atoms with van der Waals surface area (Å²) in [5.74, 6) is 0. The van der Waals surface area contributed by atoms with Gasteiger partial charge in [-0.05, 0) is 82.9 Å². The van der Waals surface area contributed by atoms with Crippen LogP contribution >= 0.6 is 0 Å². The van der Waals surface area contributed by atoms with Gasteiger partial charge in [-0.15, -0.1) is 0 Å². The molecule has 12 aromatic rings. The fourth-order valence-electron chi connectivity index (χ4n) is 9.24. The van der Waals surface area contributed by atoms with Crippen molar-refractivity contribution >= 4 is 66.2 Å². The third-order valence-electron chi connectivity index (χ3n) is 11.9. The monoisotopic (exact) mass is 754 g/mol. The molecule has 0 aliphatic rings. The summed E-state index contributed by atoms with van der Waals surface area (Å²) in [5, 5.41) is 2.16. The van der Waals surface area contributed by atoms with Crippen LogP contribution in [0.4, 0.5) is 0 Å². The van der Waals surface area contributed by atoms with E-state index in [0.29, 0.717) is 0 Å². The highest BCUT2D eigenvalue weighted by Crippen LogP contribution is 2.46. The van der Waals surface area contributed by atoms with Crippen LogP contribution < -0.4 is 0 Å². The molecule has 0 saturated carbocycles. The lowest BCUT2D eigenvalue weighted by Gasteiger charge is -2.37. The molecule has 4 aromatic heterocycles. The maximum atomic E-state index is 5.18. The van der Waals surface area contributed by atoms with Crippen molar-refractivity contribution in [3.05, 3.63) is 229 Å². The number of nitrogens with zero attached hydrogens (tertiary/aromatic N) is 6. The van der Waals surface area contributed by atoms with E-state index in [1.807, 2.05) is 48.5 Å². The highest BCUT2D eigenvalue weighted by molar-refractivity contribution is 6.08. The molecule has 0 N–H and O–H groups in total. The van der Waals surface area contributed by atoms with E-state index in [1.165, 1.54) is 11.1 Å². The minimum atomic E-state index is -0.646. The van der Waals surface area contributed by atoms with Crippen LogP contribution in [0.1, 0.15) is 22.3 Å². The molecule has 0 amide bonds. The Bertz CT molecular complexity index is 3300. The van der Waals surface area contributed by atoms with Gasteiger partial charge >= 0.3 is 0 Å². The van der Waals surface area contributed by atoms with E-state index in [-0.39, 0.29) is 0 Å². The summed E-state index contributed by atoms with van der Waals surface area (Å²) in [6.45, 7) is 0. The second kappa shape index (κ2) is 13.0. The molecule has 8 aromatic carbocycles. The quantitative estimate of drug-likeness (QED) is 0.159. The lowest BCUT2D eigenvalue weighted by Crippen LogP contribution is -2.31. The molecule has 12 rings (SSSR count). The number of benzene rings is 8. The summed E-state index contributed by atoms with van der Waals surface area (Å²) in [4.78, 5) is 20.6. The number of fused-ring (bicyclic) bond motifs is 8. The van der Waals surface area contributed by atoms with Crippen LogP contribution in [0, 0.1) is 0 Å². The Morgan fingerprint density at radius 1 is 0.288 bits per heavy atom. The lowest BCUT2D eigenvalue weighted by molar-refractivity contribution is 0.744. The standard InChI is InChI=1S/C53H34N6/c1-3-15-35(16-4-1)53(36-17-5-2-6-18-36,37-27-31-39(32-28-37)58-47-25-13-7-19-41(47)49-51(58)56-45-23-11-9-21-43(45)54-49)38-29-33-40(34-30-38)59-48-26-14-8-20-42(48)50-52(59)57-46-24-12-10-22-44(46)55-50/h1-34H. The van der Waals surface area contributed by atoms with Crippen LogP contribution in [-0.4, -0.2) is 29.1 Å². The molecule has 276 valence electrons. The summed E-state index contributed by atoms with van der Waals surface area (Å²) >= 11 is 0.